The second-order valence-electron chi connectivity index (χ2n) is 7.96. The second-order valence-corrected chi connectivity index (χ2v) is 8.70. The van der Waals surface area contributed by atoms with E-state index in [-0.39, 0.29) is 0 Å². The largest absolute Gasteiger partial charge is 0.462 e. The van der Waals surface area contributed by atoms with Gasteiger partial charge in [0.1, 0.15) is 0 Å². The molecule has 0 aliphatic rings. The van der Waals surface area contributed by atoms with Crippen LogP contribution in [0.5, 0.6) is 0 Å². The molecule has 0 N–H and O–H groups in total. The van der Waals surface area contributed by atoms with Crippen LogP contribution in [0, 0.1) is 11.8 Å². The normalized spacial score (nSPS) is 11.2. The van der Waals surface area contributed by atoms with Crippen molar-refractivity contribution in [2.45, 2.75) is 79.1 Å². The van der Waals surface area contributed by atoms with Gasteiger partial charge >= 0.3 is 11.9 Å². The SMILES string of the molecule is CC(C)CCCCCOC(=O)c1cscc1C(=O)OCCCCCC(C)C. The predicted molar refractivity (Wildman–Crippen MR) is 111 cm³/mol. The van der Waals surface area contributed by atoms with Crippen molar-refractivity contribution in [3.8, 4) is 0 Å². The summed E-state index contributed by atoms with van der Waals surface area (Å²) in [5.41, 5.74) is 0.652. The van der Waals surface area contributed by atoms with Gasteiger partial charge in [0, 0.05) is 10.8 Å². The zero-order valence-electron chi connectivity index (χ0n) is 17.4. The van der Waals surface area contributed by atoms with Gasteiger partial charge in [0.15, 0.2) is 0 Å². The Balaban J connectivity index is 2.29. The Labute approximate surface area is 168 Å². The number of hydrogen-bond acceptors (Lipinski definition) is 5. The Bertz CT molecular complexity index is 502. The molecule has 0 fully saturated rings. The maximum absolute atomic E-state index is 12.2. The molecule has 27 heavy (non-hydrogen) atoms. The number of esters is 2. The Morgan fingerprint density at radius 2 is 1.15 bits per heavy atom. The minimum Gasteiger partial charge on any atom is -0.462 e. The summed E-state index contributed by atoms with van der Waals surface area (Å²) in [6.45, 7) is 9.64. The molecule has 0 amide bonds. The molecule has 0 atom stereocenters. The monoisotopic (exact) mass is 396 g/mol. The highest BCUT2D eigenvalue weighted by Crippen LogP contribution is 2.18. The van der Waals surface area contributed by atoms with Gasteiger partial charge in [-0.05, 0) is 24.7 Å². The van der Waals surface area contributed by atoms with E-state index in [1.54, 1.807) is 10.8 Å². The first-order valence-electron chi connectivity index (χ1n) is 10.3. The fourth-order valence-corrected chi connectivity index (χ4v) is 3.55. The summed E-state index contributed by atoms with van der Waals surface area (Å²) in [5, 5.41) is 3.33. The molecule has 0 saturated heterocycles. The van der Waals surface area contributed by atoms with Crippen LogP contribution in [0.4, 0.5) is 0 Å². The van der Waals surface area contributed by atoms with Crippen LogP contribution < -0.4 is 0 Å². The molecule has 0 spiro atoms. The fraction of sp³-hybridized carbons (Fsp3) is 0.727. The molecule has 154 valence electrons. The predicted octanol–water partition coefficient (Wildman–Crippen LogP) is 6.49. The molecule has 0 bridgehead atoms. The summed E-state index contributed by atoms with van der Waals surface area (Å²) in [6, 6.07) is 0. The van der Waals surface area contributed by atoms with E-state index in [9.17, 15) is 9.59 Å². The molecule has 1 aromatic rings. The van der Waals surface area contributed by atoms with E-state index in [0.29, 0.717) is 36.2 Å². The molecule has 0 saturated carbocycles. The molecule has 1 rings (SSSR count). The number of rotatable bonds is 14. The van der Waals surface area contributed by atoms with Crippen LogP contribution in [0.25, 0.3) is 0 Å². The lowest BCUT2D eigenvalue weighted by Gasteiger charge is -2.08. The summed E-state index contributed by atoms with van der Waals surface area (Å²) in [4.78, 5) is 24.5. The first-order chi connectivity index (χ1) is 12.9. The fourth-order valence-electron chi connectivity index (χ4n) is 2.76. The van der Waals surface area contributed by atoms with E-state index < -0.39 is 11.9 Å². The third-order valence-corrected chi connectivity index (χ3v) is 5.16. The van der Waals surface area contributed by atoms with E-state index in [2.05, 4.69) is 27.7 Å². The Hall–Kier alpha value is -1.36. The average molecular weight is 397 g/mol. The highest BCUT2D eigenvalue weighted by atomic mass is 32.1. The lowest BCUT2D eigenvalue weighted by Crippen LogP contribution is -2.13. The number of hydrogen-bond donors (Lipinski definition) is 0. The standard InChI is InChI=1S/C22H36O4S/c1-17(2)11-7-5-9-13-25-21(23)19-15-27-16-20(19)22(24)26-14-10-6-8-12-18(3)4/h15-18H,5-14H2,1-4H3. The molecule has 0 aromatic carbocycles. The highest BCUT2D eigenvalue weighted by Gasteiger charge is 2.20. The van der Waals surface area contributed by atoms with Gasteiger partial charge in [-0.25, -0.2) is 9.59 Å². The minimum atomic E-state index is -0.427. The number of unbranched alkanes of at least 4 members (excludes halogenated alkanes) is 4. The number of carbonyl (C=O) groups is 2. The summed E-state index contributed by atoms with van der Waals surface area (Å²) < 4.78 is 10.6. The molecule has 0 aliphatic carbocycles. The van der Waals surface area contributed by atoms with Crippen LogP contribution in [0.15, 0.2) is 10.8 Å². The Morgan fingerprint density at radius 1 is 0.741 bits per heavy atom. The molecule has 0 aliphatic heterocycles. The molecule has 0 unspecified atom stereocenters. The van der Waals surface area contributed by atoms with Gasteiger partial charge < -0.3 is 9.47 Å². The molecular weight excluding hydrogens is 360 g/mol. The maximum Gasteiger partial charge on any atom is 0.339 e. The van der Waals surface area contributed by atoms with Crippen molar-refractivity contribution in [3.05, 3.63) is 21.9 Å². The zero-order valence-corrected chi connectivity index (χ0v) is 18.2. The molecule has 0 radical (unpaired) electrons. The van der Waals surface area contributed by atoms with Gasteiger partial charge in [0.2, 0.25) is 0 Å². The second kappa shape index (κ2) is 13.8. The van der Waals surface area contributed by atoms with Gasteiger partial charge in [-0.1, -0.05) is 66.2 Å². The minimum absolute atomic E-state index is 0.326. The van der Waals surface area contributed by atoms with E-state index in [1.165, 1.54) is 24.2 Å². The van der Waals surface area contributed by atoms with Gasteiger partial charge in [-0.3, -0.25) is 0 Å². The van der Waals surface area contributed by atoms with Crippen LogP contribution in [0.2, 0.25) is 0 Å². The highest BCUT2D eigenvalue weighted by molar-refractivity contribution is 7.08. The third-order valence-electron chi connectivity index (χ3n) is 4.42. The van der Waals surface area contributed by atoms with Gasteiger partial charge in [-0.2, -0.15) is 11.3 Å². The lowest BCUT2D eigenvalue weighted by molar-refractivity contribution is 0.0451. The first kappa shape index (κ1) is 23.7. The van der Waals surface area contributed by atoms with Crippen LogP contribution >= 0.6 is 11.3 Å². The molecule has 1 aromatic heterocycles. The smallest absolute Gasteiger partial charge is 0.339 e. The number of carbonyl (C=O) groups excluding carboxylic acids is 2. The lowest BCUT2D eigenvalue weighted by atomic mass is 10.1. The number of ether oxygens (including phenoxy) is 2. The van der Waals surface area contributed by atoms with Crippen molar-refractivity contribution in [2.24, 2.45) is 11.8 Å². The van der Waals surface area contributed by atoms with Gasteiger partial charge in [0.25, 0.3) is 0 Å². The molecular formula is C22H36O4S. The van der Waals surface area contributed by atoms with E-state index in [1.807, 2.05) is 0 Å². The summed E-state index contributed by atoms with van der Waals surface area (Å²) >= 11 is 1.32. The maximum atomic E-state index is 12.2. The zero-order chi connectivity index (χ0) is 20.1. The molecule has 4 nitrogen and oxygen atoms in total. The van der Waals surface area contributed by atoms with Crippen molar-refractivity contribution in [3.63, 3.8) is 0 Å². The van der Waals surface area contributed by atoms with Crippen LogP contribution in [0.1, 0.15) is 99.8 Å². The summed E-state index contributed by atoms with van der Waals surface area (Å²) in [5.74, 6) is 0.567. The van der Waals surface area contributed by atoms with Gasteiger partial charge in [0.05, 0.1) is 24.3 Å². The summed E-state index contributed by atoms with van der Waals surface area (Å²) in [7, 11) is 0. The van der Waals surface area contributed by atoms with Gasteiger partial charge in [-0.15, -0.1) is 0 Å². The number of thiophene rings is 1. The van der Waals surface area contributed by atoms with Crippen LogP contribution in [-0.4, -0.2) is 25.2 Å². The Morgan fingerprint density at radius 3 is 1.52 bits per heavy atom. The first-order valence-corrected chi connectivity index (χ1v) is 11.3. The summed E-state index contributed by atoms with van der Waals surface area (Å²) in [6.07, 6.45) is 8.54. The van der Waals surface area contributed by atoms with Crippen LogP contribution in [-0.2, 0) is 9.47 Å². The third kappa shape index (κ3) is 10.5. The van der Waals surface area contributed by atoms with Crippen molar-refractivity contribution >= 4 is 23.3 Å². The van der Waals surface area contributed by atoms with E-state index in [0.717, 1.165) is 38.5 Å². The Kier molecular flexibility index (Phi) is 12.1. The average Bonchev–Trinajstić information content (AvgIpc) is 3.10. The topological polar surface area (TPSA) is 52.6 Å². The van der Waals surface area contributed by atoms with Crippen molar-refractivity contribution < 1.29 is 19.1 Å². The van der Waals surface area contributed by atoms with Crippen molar-refractivity contribution in [1.29, 1.82) is 0 Å². The van der Waals surface area contributed by atoms with Crippen molar-refractivity contribution in [1.82, 2.24) is 0 Å². The molecule has 1 heterocycles. The van der Waals surface area contributed by atoms with E-state index in [4.69, 9.17) is 9.47 Å². The molecule has 5 heteroatoms. The van der Waals surface area contributed by atoms with E-state index >= 15 is 0 Å². The van der Waals surface area contributed by atoms with Crippen LogP contribution in [0.3, 0.4) is 0 Å². The quantitative estimate of drug-likeness (QED) is 0.266. The van der Waals surface area contributed by atoms with Crippen molar-refractivity contribution in [2.75, 3.05) is 13.2 Å².